The van der Waals surface area contributed by atoms with Crippen molar-refractivity contribution in [2.75, 3.05) is 0 Å². The average molecular weight is 152 g/mol. The van der Waals surface area contributed by atoms with Gasteiger partial charge in [-0.15, -0.1) is 0 Å². The third-order valence-electron chi connectivity index (χ3n) is 0. The van der Waals surface area contributed by atoms with Crippen LogP contribution in [0.2, 0.25) is 0 Å². The molecule has 0 N–H and O–H groups in total. The summed E-state index contributed by atoms with van der Waals surface area (Å²) in [5.41, 5.74) is 0. The van der Waals surface area contributed by atoms with Crippen molar-refractivity contribution in [1.82, 2.24) is 0 Å². The molecule has 0 fully saturated rings. The monoisotopic (exact) mass is 152 g/mol. The molecule has 0 amide bonds. The zero-order valence-electron chi connectivity index (χ0n) is 2.80. The summed E-state index contributed by atoms with van der Waals surface area (Å²) in [5, 5.41) is 0. The van der Waals surface area contributed by atoms with Crippen LogP contribution in [0.4, 0.5) is 0 Å². The van der Waals surface area contributed by atoms with E-state index < -0.39 is 10.3 Å². The molecule has 0 aromatic heterocycles. The maximum absolute atomic E-state index is 9.25. The average Bonchev–Trinajstić information content (AvgIpc) is 0.592. The topological polar surface area (TPSA) is 102 Å². The summed E-state index contributed by atoms with van der Waals surface area (Å²) >= 11 is 0. The fraction of sp³-hybridized carbons (Fsp3) is 0. The first-order valence-corrected chi connectivity index (χ1v) is 3.57. The van der Waals surface area contributed by atoms with E-state index in [2.05, 4.69) is 0 Å². The minimum absolute atomic E-state index is 8.62. The number of hydrogen-bond donors (Lipinski definition) is 0. The molecule has 0 aromatic rings. The number of rotatable bonds is 0. The summed E-state index contributed by atoms with van der Waals surface area (Å²) in [7, 11) is -9.25. The molecule has 0 atom stereocenters. The van der Waals surface area contributed by atoms with Gasteiger partial charge >= 0.3 is 33.3 Å². The minimum atomic E-state index is -9.25. The van der Waals surface area contributed by atoms with E-state index in [0.717, 1.165) is 0 Å². The second-order valence-electron chi connectivity index (χ2n) is 0.884. The molecule has 0 saturated carbocycles. The third kappa shape index (κ3) is 127. The molecule has 7 heavy (non-hydrogen) atoms. The molecule has 6 nitrogen and oxygen atoms in total. The molecule has 0 rings (SSSR count). The van der Waals surface area contributed by atoms with Gasteiger partial charge in [0.25, 0.3) is 0 Å². The summed E-state index contributed by atoms with van der Waals surface area (Å²) in [6.07, 6.45) is 0. The van der Waals surface area contributed by atoms with Crippen molar-refractivity contribution < 1.29 is 33.3 Å². The van der Waals surface area contributed by atoms with Gasteiger partial charge in [0.15, 0.2) is 0 Å². The van der Waals surface area contributed by atoms with Crippen LogP contribution in [0.1, 0.15) is 0 Å². The predicted octanol–water partition coefficient (Wildman–Crippen LogP) is -0.715. The Hall–Kier alpha value is -0.681. The first-order valence-electron chi connectivity index (χ1n) is 0.866. The van der Waals surface area contributed by atoms with Crippen LogP contribution in [0, 0.1) is 0 Å². The van der Waals surface area contributed by atoms with Crippen LogP contribution in [-0.2, 0) is 33.3 Å². The standard InChI is InChI=1S/Fe.6O. The van der Waals surface area contributed by atoms with Crippen molar-refractivity contribution in [3.05, 3.63) is 0 Å². The van der Waals surface area contributed by atoms with E-state index in [0.29, 0.717) is 0 Å². The molecule has 0 bridgehead atoms. The Labute approximate surface area is 34.3 Å². The van der Waals surface area contributed by atoms with Crippen LogP contribution in [-0.4, -0.2) is 0 Å². The first-order chi connectivity index (χ1) is 2.45. The van der Waals surface area contributed by atoms with Crippen LogP contribution in [0.15, 0.2) is 0 Å². The molecule has 0 aliphatic heterocycles. The fourth-order valence-corrected chi connectivity index (χ4v) is 0. The van der Waals surface area contributed by atoms with E-state index in [1.165, 1.54) is 0 Å². The summed E-state index contributed by atoms with van der Waals surface area (Å²) in [6.45, 7) is 0. The van der Waals surface area contributed by atoms with Crippen LogP contribution in [0.25, 0.3) is 0 Å². The van der Waals surface area contributed by atoms with Crippen LogP contribution < -0.4 is 0 Å². The van der Waals surface area contributed by atoms with Gasteiger partial charge in [-0.05, 0) is 0 Å². The van der Waals surface area contributed by atoms with E-state index in [4.69, 9.17) is 23.0 Å². The van der Waals surface area contributed by atoms with Crippen molar-refractivity contribution in [3.63, 3.8) is 0 Å². The molecule has 0 aliphatic rings. The molecular formula is FeO6. The first kappa shape index (κ1) is 6.32. The molecule has 0 radical (unpaired) electrons. The summed E-state index contributed by atoms with van der Waals surface area (Å²) < 4.78 is 51.8. The Morgan fingerprint density at radius 3 is 0.571 bits per heavy atom. The molecule has 44 valence electrons. The molecule has 0 unspecified atom stereocenters. The molecule has 0 saturated heterocycles. The normalized spacial score (nSPS) is 17.1. The maximum atomic E-state index is 8.62. The van der Waals surface area contributed by atoms with E-state index in [1.807, 2.05) is 0 Å². The second-order valence-corrected chi connectivity index (χ2v) is 3.64. The quantitative estimate of drug-likeness (QED) is 0.424. The van der Waals surface area contributed by atoms with Gasteiger partial charge in [0.2, 0.25) is 0 Å². The van der Waals surface area contributed by atoms with E-state index in [1.54, 1.807) is 0 Å². The van der Waals surface area contributed by atoms with Gasteiger partial charge in [-0.3, -0.25) is 0 Å². The van der Waals surface area contributed by atoms with E-state index in [-0.39, 0.29) is 0 Å². The Kier molecular flexibility index (Phi) is 0.437. The molecule has 0 aromatic carbocycles. The van der Waals surface area contributed by atoms with Gasteiger partial charge in [0, 0.05) is 0 Å². The van der Waals surface area contributed by atoms with E-state index in [9.17, 15) is 0 Å². The van der Waals surface area contributed by atoms with E-state index >= 15 is 0 Å². The van der Waals surface area contributed by atoms with Crippen molar-refractivity contribution >= 4 is 0 Å². The Bertz CT molecular complexity index is 432. The molecule has 0 heterocycles. The van der Waals surface area contributed by atoms with Crippen molar-refractivity contribution in [2.45, 2.75) is 0 Å². The van der Waals surface area contributed by atoms with Gasteiger partial charge in [-0.1, -0.05) is 0 Å². The number of hydrogen-bond acceptors (Lipinski definition) is 6. The summed E-state index contributed by atoms with van der Waals surface area (Å²) in [4.78, 5) is 0. The molecule has 0 aliphatic carbocycles. The second kappa shape index (κ2) is 0.484. The van der Waals surface area contributed by atoms with Gasteiger partial charge in [-0.25, -0.2) is 0 Å². The summed E-state index contributed by atoms with van der Waals surface area (Å²) in [6, 6.07) is 0. The zero-order valence-corrected chi connectivity index (χ0v) is 3.91. The van der Waals surface area contributed by atoms with Crippen LogP contribution >= 0.6 is 0 Å². The van der Waals surface area contributed by atoms with Gasteiger partial charge in [0.05, 0.1) is 0 Å². The van der Waals surface area contributed by atoms with Crippen LogP contribution in [0.5, 0.6) is 0 Å². The summed E-state index contributed by atoms with van der Waals surface area (Å²) in [5.74, 6) is 0. The SMILES string of the molecule is [O]=[Fe](=[O])(=[O])(=[O])(=[O])=[O]. The van der Waals surface area contributed by atoms with Crippen molar-refractivity contribution in [1.29, 1.82) is 0 Å². The van der Waals surface area contributed by atoms with Crippen molar-refractivity contribution in [2.24, 2.45) is 0 Å². The zero-order chi connectivity index (χ0) is 6.41. The molecule has 7 heteroatoms. The third-order valence-corrected chi connectivity index (χ3v) is 0. The van der Waals surface area contributed by atoms with Crippen LogP contribution in [0.3, 0.4) is 0 Å². The molecular weight excluding hydrogens is 152 g/mol. The molecule has 0 spiro atoms. The van der Waals surface area contributed by atoms with Gasteiger partial charge in [0.1, 0.15) is 0 Å². The van der Waals surface area contributed by atoms with Gasteiger partial charge in [-0.2, -0.15) is 0 Å². The Balaban J connectivity index is 8.86. The predicted molar refractivity (Wildman–Crippen MR) is 4.12 cm³/mol. The van der Waals surface area contributed by atoms with Crippen molar-refractivity contribution in [3.8, 4) is 0 Å². The van der Waals surface area contributed by atoms with Gasteiger partial charge < -0.3 is 0 Å². The Morgan fingerprint density at radius 2 is 0.571 bits per heavy atom. The fourth-order valence-electron chi connectivity index (χ4n) is 0. The Morgan fingerprint density at radius 1 is 0.571 bits per heavy atom.